The standard InChI is InChI=1S/C12H16N2O4/c1-8(15)14-10(12(16)18-3)7-9-5-4-6-13-11(9)17-2/h4-6,10H,7H2,1-3H3,(H,14,15)/t10-/m1/s1. The lowest BCUT2D eigenvalue weighted by atomic mass is 10.1. The van der Waals surface area contributed by atoms with E-state index in [1.807, 2.05) is 0 Å². The highest BCUT2D eigenvalue weighted by Crippen LogP contribution is 2.16. The Balaban J connectivity index is 2.88. The number of rotatable bonds is 5. The first-order valence-corrected chi connectivity index (χ1v) is 5.41. The summed E-state index contributed by atoms with van der Waals surface area (Å²) < 4.78 is 9.73. The van der Waals surface area contributed by atoms with Gasteiger partial charge in [0, 0.05) is 25.1 Å². The summed E-state index contributed by atoms with van der Waals surface area (Å²) in [6, 6.07) is 2.77. The molecule has 1 aromatic rings. The summed E-state index contributed by atoms with van der Waals surface area (Å²) in [4.78, 5) is 26.6. The number of esters is 1. The number of pyridine rings is 1. The van der Waals surface area contributed by atoms with Crippen LogP contribution < -0.4 is 10.1 Å². The van der Waals surface area contributed by atoms with E-state index < -0.39 is 12.0 Å². The van der Waals surface area contributed by atoms with Crippen LogP contribution >= 0.6 is 0 Å². The Bertz CT molecular complexity index is 434. The molecule has 6 heteroatoms. The Morgan fingerprint density at radius 3 is 2.72 bits per heavy atom. The minimum Gasteiger partial charge on any atom is -0.481 e. The van der Waals surface area contributed by atoms with Crippen molar-refractivity contribution in [3.63, 3.8) is 0 Å². The molecule has 1 heterocycles. The molecule has 6 nitrogen and oxygen atoms in total. The normalized spacial score (nSPS) is 11.5. The molecule has 1 rings (SSSR count). The van der Waals surface area contributed by atoms with Crippen LogP contribution in [0.1, 0.15) is 12.5 Å². The first kappa shape index (κ1) is 14.0. The molecule has 0 spiro atoms. The Morgan fingerprint density at radius 2 is 2.17 bits per heavy atom. The van der Waals surface area contributed by atoms with Crippen LogP contribution in [0.4, 0.5) is 0 Å². The van der Waals surface area contributed by atoms with Crippen LogP contribution in [-0.2, 0) is 20.7 Å². The number of nitrogens with one attached hydrogen (secondary N) is 1. The average Bonchev–Trinajstić information content (AvgIpc) is 2.37. The molecule has 1 N–H and O–H groups in total. The topological polar surface area (TPSA) is 77.5 Å². The number of amides is 1. The molecule has 0 aliphatic heterocycles. The van der Waals surface area contributed by atoms with Gasteiger partial charge in [-0.1, -0.05) is 6.07 Å². The molecule has 0 saturated heterocycles. The van der Waals surface area contributed by atoms with Crippen LogP contribution in [-0.4, -0.2) is 37.1 Å². The first-order valence-electron chi connectivity index (χ1n) is 5.41. The van der Waals surface area contributed by atoms with Crippen LogP contribution in [0, 0.1) is 0 Å². The van der Waals surface area contributed by atoms with Crippen molar-refractivity contribution in [3.05, 3.63) is 23.9 Å². The minimum atomic E-state index is -0.745. The van der Waals surface area contributed by atoms with Gasteiger partial charge in [0.05, 0.1) is 14.2 Å². The molecule has 0 radical (unpaired) electrons. The van der Waals surface area contributed by atoms with Crippen molar-refractivity contribution in [1.29, 1.82) is 0 Å². The van der Waals surface area contributed by atoms with E-state index in [9.17, 15) is 9.59 Å². The van der Waals surface area contributed by atoms with E-state index in [4.69, 9.17) is 4.74 Å². The third-order valence-electron chi connectivity index (χ3n) is 2.33. The third-order valence-corrected chi connectivity index (χ3v) is 2.33. The zero-order valence-electron chi connectivity index (χ0n) is 10.6. The molecule has 0 aliphatic rings. The van der Waals surface area contributed by atoms with Gasteiger partial charge >= 0.3 is 5.97 Å². The second kappa shape index (κ2) is 6.58. The van der Waals surface area contributed by atoms with Crippen LogP contribution in [0.3, 0.4) is 0 Å². The number of ether oxygens (including phenoxy) is 2. The zero-order valence-corrected chi connectivity index (χ0v) is 10.6. The summed E-state index contributed by atoms with van der Waals surface area (Å²) >= 11 is 0. The summed E-state index contributed by atoms with van der Waals surface area (Å²) in [5.41, 5.74) is 0.726. The fourth-order valence-electron chi connectivity index (χ4n) is 1.56. The van der Waals surface area contributed by atoms with Gasteiger partial charge in [0.25, 0.3) is 0 Å². The van der Waals surface area contributed by atoms with Crippen molar-refractivity contribution in [2.24, 2.45) is 0 Å². The van der Waals surface area contributed by atoms with Crippen molar-refractivity contribution >= 4 is 11.9 Å². The van der Waals surface area contributed by atoms with Gasteiger partial charge in [0.2, 0.25) is 11.8 Å². The molecule has 18 heavy (non-hydrogen) atoms. The number of nitrogens with zero attached hydrogens (tertiary/aromatic N) is 1. The van der Waals surface area contributed by atoms with Crippen LogP contribution in [0.15, 0.2) is 18.3 Å². The number of hydrogen-bond acceptors (Lipinski definition) is 5. The molecule has 0 aromatic carbocycles. The molecule has 0 aliphatic carbocycles. The number of carbonyl (C=O) groups is 2. The highest BCUT2D eigenvalue weighted by molar-refractivity contribution is 5.83. The summed E-state index contributed by atoms with van der Waals surface area (Å²) in [5.74, 6) is -0.374. The highest BCUT2D eigenvalue weighted by Gasteiger charge is 2.22. The van der Waals surface area contributed by atoms with Crippen molar-refractivity contribution in [2.75, 3.05) is 14.2 Å². The SMILES string of the molecule is COC(=O)[C@@H](Cc1cccnc1OC)NC(C)=O. The lowest BCUT2D eigenvalue weighted by Gasteiger charge is -2.16. The lowest BCUT2D eigenvalue weighted by molar-refractivity contribution is -0.144. The van der Waals surface area contributed by atoms with E-state index in [0.717, 1.165) is 5.56 Å². The summed E-state index contributed by atoms with van der Waals surface area (Å²) in [6.45, 7) is 1.34. The first-order chi connectivity index (χ1) is 8.58. The van der Waals surface area contributed by atoms with E-state index in [1.165, 1.54) is 21.1 Å². The average molecular weight is 252 g/mol. The summed E-state index contributed by atoms with van der Waals surface area (Å²) in [6.07, 6.45) is 1.86. The van der Waals surface area contributed by atoms with Crippen LogP contribution in [0.2, 0.25) is 0 Å². The summed E-state index contributed by atoms with van der Waals surface area (Å²) in [7, 11) is 2.77. The van der Waals surface area contributed by atoms with Gasteiger partial charge in [-0.15, -0.1) is 0 Å². The number of carbonyl (C=O) groups excluding carboxylic acids is 2. The van der Waals surface area contributed by atoms with Gasteiger partial charge < -0.3 is 14.8 Å². The van der Waals surface area contributed by atoms with Crippen LogP contribution in [0.5, 0.6) is 5.88 Å². The maximum absolute atomic E-state index is 11.6. The smallest absolute Gasteiger partial charge is 0.328 e. The van der Waals surface area contributed by atoms with Crippen molar-refractivity contribution in [2.45, 2.75) is 19.4 Å². The Morgan fingerprint density at radius 1 is 1.44 bits per heavy atom. The molecular formula is C12H16N2O4. The lowest BCUT2D eigenvalue weighted by Crippen LogP contribution is -2.42. The molecule has 1 aromatic heterocycles. The number of methoxy groups -OCH3 is 2. The predicted molar refractivity (Wildman–Crippen MR) is 64.1 cm³/mol. The highest BCUT2D eigenvalue weighted by atomic mass is 16.5. The second-order valence-electron chi connectivity index (χ2n) is 3.65. The maximum atomic E-state index is 11.6. The molecule has 0 fully saturated rings. The molecule has 0 saturated carbocycles. The van der Waals surface area contributed by atoms with Crippen molar-refractivity contribution in [1.82, 2.24) is 10.3 Å². The van der Waals surface area contributed by atoms with E-state index in [-0.39, 0.29) is 12.3 Å². The molecule has 0 bridgehead atoms. The van der Waals surface area contributed by atoms with Gasteiger partial charge in [-0.3, -0.25) is 4.79 Å². The van der Waals surface area contributed by atoms with E-state index in [2.05, 4.69) is 15.0 Å². The molecule has 1 amide bonds. The van der Waals surface area contributed by atoms with Crippen LogP contribution in [0.25, 0.3) is 0 Å². The Kier molecular flexibility index (Phi) is 5.10. The number of hydrogen-bond donors (Lipinski definition) is 1. The maximum Gasteiger partial charge on any atom is 0.328 e. The predicted octanol–water partition coefficient (Wildman–Crippen LogP) is 0.310. The summed E-state index contributed by atoms with van der Waals surface area (Å²) in [5, 5.41) is 2.53. The number of aromatic nitrogens is 1. The van der Waals surface area contributed by atoms with Crippen molar-refractivity contribution < 1.29 is 19.1 Å². The molecule has 98 valence electrons. The van der Waals surface area contributed by atoms with Gasteiger partial charge in [-0.25, -0.2) is 9.78 Å². The second-order valence-corrected chi connectivity index (χ2v) is 3.65. The van der Waals surface area contributed by atoms with E-state index >= 15 is 0 Å². The van der Waals surface area contributed by atoms with E-state index in [0.29, 0.717) is 5.88 Å². The monoisotopic (exact) mass is 252 g/mol. The quantitative estimate of drug-likeness (QED) is 0.763. The molecule has 1 atom stereocenters. The molecular weight excluding hydrogens is 236 g/mol. The zero-order chi connectivity index (χ0) is 13.5. The van der Waals surface area contributed by atoms with Gasteiger partial charge in [0.1, 0.15) is 6.04 Å². The molecule has 0 unspecified atom stereocenters. The van der Waals surface area contributed by atoms with Gasteiger partial charge in [-0.2, -0.15) is 0 Å². The van der Waals surface area contributed by atoms with Gasteiger partial charge in [-0.05, 0) is 6.07 Å². The van der Waals surface area contributed by atoms with Gasteiger partial charge in [0.15, 0.2) is 0 Å². The fraction of sp³-hybridized carbons (Fsp3) is 0.417. The fourth-order valence-corrected chi connectivity index (χ4v) is 1.56. The van der Waals surface area contributed by atoms with E-state index in [1.54, 1.807) is 18.3 Å². The third kappa shape index (κ3) is 3.73. The Labute approximate surface area is 105 Å². The Hall–Kier alpha value is -2.11. The van der Waals surface area contributed by atoms with Crippen molar-refractivity contribution in [3.8, 4) is 5.88 Å². The largest absolute Gasteiger partial charge is 0.481 e. The minimum absolute atomic E-state index is 0.267.